The van der Waals surface area contributed by atoms with Gasteiger partial charge < -0.3 is 9.16 Å². The van der Waals surface area contributed by atoms with Crippen LogP contribution in [0.2, 0.25) is 0 Å². The van der Waals surface area contributed by atoms with Gasteiger partial charge in [0, 0.05) is 10.9 Å². The fraction of sp³-hybridized carbons (Fsp3) is 0.250. The Balaban J connectivity index is 1.90. The largest absolute Gasteiger partial charge is 0.466 e. The van der Waals surface area contributed by atoms with E-state index in [0.717, 1.165) is 16.6 Å². The first kappa shape index (κ1) is 20.8. The molecule has 1 atom stereocenters. The minimum atomic E-state index is -1.89. The second-order valence-electron chi connectivity index (χ2n) is 8.11. The Labute approximate surface area is 178 Å². The van der Waals surface area contributed by atoms with E-state index in [1.807, 2.05) is 36.4 Å². The van der Waals surface area contributed by atoms with Gasteiger partial charge in [0.25, 0.3) is 0 Å². The molecule has 0 aliphatic heterocycles. The molecule has 0 aliphatic rings. The zero-order valence-corrected chi connectivity index (χ0v) is 19.4. The summed E-state index contributed by atoms with van der Waals surface area (Å²) in [7, 11) is -1.89. The van der Waals surface area contributed by atoms with Crippen molar-refractivity contribution in [3.05, 3.63) is 89.4 Å². The third-order valence-electron chi connectivity index (χ3n) is 4.34. The van der Waals surface area contributed by atoms with Crippen LogP contribution in [0.1, 0.15) is 27.2 Å². The lowest BCUT2D eigenvalue weighted by atomic mass is 9.92. The van der Waals surface area contributed by atoms with Crippen LogP contribution in [0.3, 0.4) is 0 Å². The Kier molecular flexibility index (Phi) is 7.11. The molecule has 2 nitrogen and oxygen atoms in total. The van der Waals surface area contributed by atoms with E-state index in [-0.39, 0.29) is 11.7 Å². The lowest BCUT2D eigenvalue weighted by Crippen LogP contribution is -2.49. The van der Waals surface area contributed by atoms with Crippen LogP contribution in [0.5, 0.6) is 5.75 Å². The van der Waals surface area contributed by atoms with Gasteiger partial charge in [0.1, 0.15) is 5.75 Å². The molecule has 1 unspecified atom stereocenters. The lowest BCUT2D eigenvalue weighted by molar-refractivity contribution is -0.0228. The smallest absolute Gasteiger partial charge is 0.244 e. The molecule has 0 aromatic heterocycles. The summed E-state index contributed by atoms with van der Waals surface area (Å²) in [6, 6.07) is 29.0. The van der Waals surface area contributed by atoms with Gasteiger partial charge in [0.2, 0.25) is 9.04 Å². The summed E-state index contributed by atoms with van der Waals surface area (Å²) < 4.78 is 14.1. The summed E-state index contributed by atoms with van der Waals surface area (Å²) in [4.78, 5) is 0. The summed E-state index contributed by atoms with van der Waals surface area (Å²) in [5.74, 6) is 0.817. The first-order valence-corrected chi connectivity index (χ1v) is 12.0. The molecular formula is C24H27BrO2Si. The summed E-state index contributed by atoms with van der Waals surface area (Å²) in [6.45, 7) is 6.65. The van der Waals surface area contributed by atoms with Crippen LogP contribution >= 0.6 is 15.9 Å². The molecule has 0 amide bonds. The number of halogens is 1. The van der Waals surface area contributed by atoms with E-state index in [1.54, 1.807) is 0 Å². The van der Waals surface area contributed by atoms with Gasteiger partial charge in [-0.05, 0) is 34.0 Å². The Hall–Kier alpha value is -1.88. The Morgan fingerprint density at radius 2 is 1.39 bits per heavy atom. The van der Waals surface area contributed by atoms with Gasteiger partial charge in [0.05, 0.1) is 0 Å². The average Bonchev–Trinajstić information content (AvgIpc) is 2.66. The van der Waals surface area contributed by atoms with Crippen LogP contribution in [0.25, 0.3) is 0 Å². The zero-order chi connectivity index (χ0) is 20.0. The summed E-state index contributed by atoms with van der Waals surface area (Å²) in [5.41, 5.74) is 0.0863. The molecule has 3 aromatic carbocycles. The van der Waals surface area contributed by atoms with Gasteiger partial charge in [-0.2, -0.15) is 0 Å². The van der Waals surface area contributed by atoms with E-state index >= 15 is 0 Å². The van der Waals surface area contributed by atoms with E-state index in [4.69, 9.17) is 9.16 Å². The predicted molar refractivity (Wildman–Crippen MR) is 123 cm³/mol. The molecule has 0 fully saturated rings. The van der Waals surface area contributed by atoms with Crippen molar-refractivity contribution in [3.63, 3.8) is 0 Å². The monoisotopic (exact) mass is 454 g/mol. The Bertz CT molecular complexity index is 823. The normalized spacial score (nSPS) is 12.8. The van der Waals surface area contributed by atoms with Crippen LogP contribution in [0.15, 0.2) is 89.4 Å². The minimum Gasteiger partial charge on any atom is -0.466 e. The molecule has 0 N–H and O–H groups in total. The molecule has 28 heavy (non-hydrogen) atoms. The molecule has 0 heterocycles. The molecule has 0 spiro atoms. The standard InChI is InChI=1S/C24H27BrO2Si/c1-24(2,3)18-23(26-20-12-10-11-19(25)17-20)27-28(21-13-6-4-7-14-21)22-15-8-5-9-16-22/h4-17,23,28H,18H2,1-3H3. The highest BCUT2D eigenvalue weighted by atomic mass is 79.9. The molecule has 4 heteroatoms. The van der Waals surface area contributed by atoms with Crippen molar-refractivity contribution in [2.75, 3.05) is 0 Å². The van der Waals surface area contributed by atoms with Gasteiger partial charge >= 0.3 is 0 Å². The van der Waals surface area contributed by atoms with Gasteiger partial charge in [-0.1, -0.05) is 103 Å². The van der Waals surface area contributed by atoms with Crippen molar-refractivity contribution in [2.24, 2.45) is 5.41 Å². The predicted octanol–water partition coefficient (Wildman–Crippen LogP) is 5.15. The highest BCUT2D eigenvalue weighted by Gasteiger charge is 2.27. The minimum absolute atomic E-state index is 0.0863. The SMILES string of the molecule is CC(C)(C)CC(Oc1cccc(Br)c1)O[SiH](c1ccccc1)c1ccccc1. The maximum absolute atomic E-state index is 6.74. The molecule has 146 valence electrons. The second-order valence-corrected chi connectivity index (χ2v) is 11.4. The van der Waals surface area contributed by atoms with Crippen LogP contribution in [0.4, 0.5) is 0 Å². The lowest BCUT2D eigenvalue weighted by Gasteiger charge is -2.30. The van der Waals surface area contributed by atoms with E-state index in [0.29, 0.717) is 0 Å². The van der Waals surface area contributed by atoms with Crippen LogP contribution in [0, 0.1) is 5.41 Å². The topological polar surface area (TPSA) is 18.5 Å². The molecular weight excluding hydrogens is 428 g/mol. The van der Waals surface area contributed by atoms with E-state index < -0.39 is 9.04 Å². The number of ether oxygens (including phenoxy) is 1. The van der Waals surface area contributed by atoms with Crippen molar-refractivity contribution in [1.82, 2.24) is 0 Å². The third kappa shape index (κ3) is 6.33. The van der Waals surface area contributed by atoms with E-state index in [1.165, 1.54) is 10.4 Å². The highest BCUT2D eigenvalue weighted by molar-refractivity contribution is 9.10. The van der Waals surface area contributed by atoms with Gasteiger partial charge in [-0.25, -0.2) is 0 Å². The van der Waals surface area contributed by atoms with Crippen molar-refractivity contribution in [1.29, 1.82) is 0 Å². The van der Waals surface area contributed by atoms with Gasteiger partial charge in [-0.15, -0.1) is 0 Å². The number of benzene rings is 3. The number of rotatable bonds is 7. The molecule has 0 saturated heterocycles. The van der Waals surface area contributed by atoms with Gasteiger partial charge in [-0.3, -0.25) is 0 Å². The number of hydrogen-bond donors (Lipinski definition) is 0. The third-order valence-corrected chi connectivity index (χ3v) is 7.38. The van der Waals surface area contributed by atoms with E-state index in [2.05, 4.69) is 85.2 Å². The molecule has 0 aliphatic carbocycles. The highest BCUT2D eigenvalue weighted by Crippen LogP contribution is 2.26. The summed E-state index contributed by atoms with van der Waals surface area (Å²) in [6.07, 6.45) is 0.495. The second kappa shape index (κ2) is 9.55. The van der Waals surface area contributed by atoms with Crippen LogP contribution < -0.4 is 15.1 Å². The number of hydrogen-bond acceptors (Lipinski definition) is 2. The molecule has 3 rings (SSSR count). The fourth-order valence-electron chi connectivity index (χ4n) is 3.07. The van der Waals surface area contributed by atoms with Crippen molar-refractivity contribution in [3.8, 4) is 5.75 Å². The maximum Gasteiger partial charge on any atom is 0.244 e. The molecule has 3 aromatic rings. The summed E-state index contributed by atoms with van der Waals surface area (Å²) in [5, 5.41) is 2.51. The first-order chi connectivity index (χ1) is 13.4. The van der Waals surface area contributed by atoms with Crippen LogP contribution in [-0.2, 0) is 4.43 Å². The fourth-order valence-corrected chi connectivity index (χ4v) is 5.74. The molecule has 0 bridgehead atoms. The molecule has 0 saturated carbocycles. The van der Waals surface area contributed by atoms with Crippen molar-refractivity contribution in [2.45, 2.75) is 33.5 Å². The van der Waals surface area contributed by atoms with Crippen molar-refractivity contribution < 1.29 is 9.16 Å². The zero-order valence-electron chi connectivity index (χ0n) is 16.6. The summed E-state index contributed by atoms with van der Waals surface area (Å²) >= 11 is 3.53. The Morgan fingerprint density at radius 1 is 0.821 bits per heavy atom. The average molecular weight is 455 g/mol. The van der Waals surface area contributed by atoms with E-state index in [9.17, 15) is 0 Å². The first-order valence-electron chi connectivity index (χ1n) is 9.58. The van der Waals surface area contributed by atoms with Gasteiger partial charge in [0.15, 0.2) is 6.29 Å². The Morgan fingerprint density at radius 3 is 1.89 bits per heavy atom. The maximum atomic E-state index is 6.74. The molecule has 0 radical (unpaired) electrons. The van der Waals surface area contributed by atoms with Crippen LogP contribution in [-0.4, -0.2) is 15.3 Å². The van der Waals surface area contributed by atoms with Crippen molar-refractivity contribution >= 4 is 35.3 Å². The quantitative estimate of drug-likeness (QED) is 0.363.